The SMILES string of the molecule is CC\C(=C/C=C(C)/C=C\C=N)OC. The molecular formula is C11H17NO. The third kappa shape index (κ3) is 5.91. The van der Waals surface area contributed by atoms with E-state index >= 15 is 0 Å². The summed E-state index contributed by atoms with van der Waals surface area (Å²) in [6, 6.07) is 0. The Balaban J connectivity index is 4.29. The van der Waals surface area contributed by atoms with Crippen LogP contribution in [-0.4, -0.2) is 13.3 Å². The number of allylic oxidation sites excluding steroid dienone is 6. The summed E-state index contributed by atoms with van der Waals surface area (Å²) < 4.78 is 5.10. The van der Waals surface area contributed by atoms with Crippen molar-refractivity contribution < 1.29 is 4.74 Å². The Hall–Kier alpha value is -1.31. The highest BCUT2D eigenvalue weighted by Crippen LogP contribution is 2.03. The minimum Gasteiger partial charge on any atom is -0.501 e. The second-order valence-electron chi connectivity index (χ2n) is 2.63. The Morgan fingerprint density at radius 3 is 2.54 bits per heavy atom. The first-order chi connectivity index (χ1) is 6.24. The second-order valence-corrected chi connectivity index (χ2v) is 2.63. The van der Waals surface area contributed by atoms with Gasteiger partial charge in [0.25, 0.3) is 0 Å². The molecule has 13 heavy (non-hydrogen) atoms. The van der Waals surface area contributed by atoms with Crippen molar-refractivity contribution in [3.63, 3.8) is 0 Å². The van der Waals surface area contributed by atoms with Crippen molar-refractivity contribution in [1.29, 1.82) is 5.41 Å². The molecule has 0 bridgehead atoms. The highest BCUT2D eigenvalue weighted by Gasteiger charge is 1.87. The van der Waals surface area contributed by atoms with Crippen LogP contribution in [0.1, 0.15) is 20.3 Å². The molecule has 72 valence electrons. The molecule has 0 aliphatic carbocycles. The molecule has 0 unspecified atom stereocenters. The maximum Gasteiger partial charge on any atom is 0.0952 e. The normalized spacial score (nSPS) is 13.5. The summed E-state index contributed by atoms with van der Waals surface area (Å²) in [4.78, 5) is 0. The third-order valence-corrected chi connectivity index (χ3v) is 1.60. The van der Waals surface area contributed by atoms with Gasteiger partial charge in [-0.05, 0) is 19.1 Å². The van der Waals surface area contributed by atoms with Crippen molar-refractivity contribution in [2.45, 2.75) is 20.3 Å². The van der Waals surface area contributed by atoms with Crippen LogP contribution in [0, 0.1) is 5.41 Å². The lowest BCUT2D eigenvalue weighted by molar-refractivity contribution is 0.281. The van der Waals surface area contributed by atoms with Gasteiger partial charge in [0.1, 0.15) is 0 Å². The van der Waals surface area contributed by atoms with Gasteiger partial charge in [-0.15, -0.1) is 0 Å². The quantitative estimate of drug-likeness (QED) is 0.392. The maximum absolute atomic E-state index is 6.81. The van der Waals surface area contributed by atoms with Gasteiger partial charge in [-0.25, -0.2) is 0 Å². The Morgan fingerprint density at radius 2 is 2.08 bits per heavy atom. The van der Waals surface area contributed by atoms with Crippen molar-refractivity contribution in [3.05, 3.63) is 35.6 Å². The summed E-state index contributed by atoms with van der Waals surface area (Å²) in [6.45, 7) is 4.03. The van der Waals surface area contributed by atoms with Crippen molar-refractivity contribution in [2.75, 3.05) is 7.11 Å². The summed E-state index contributed by atoms with van der Waals surface area (Å²) in [5, 5.41) is 6.81. The molecule has 0 aliphatic heterocycles. The third-order valence-electron chi connectivity index (χ3n) is 1.60. The number of hydrogen-bond donors (Lipinski definition) is 1. The molecule has 0 aromatic rings. The molecule has 0 aliphatic rings. The van der Waals surface area contributed by atoms with Gasteiger partial charge in [-0.3, -0.25) is 0 Å². The van der Waals surface area contributed by atoms with E-state index in [1.165, 1.54) is 6.21 Å². The monoisotopic (exact) mass is 179 g/mol. The second kappa shape index (κ2) is 7.35. The number of hydrogen-bond acceptors (Lipinski definition) is 2. The lowest BCUT2D eigenvalue weighted by Crippen LogP contribution is -1.82. The standard InChI is InChI=1S/C11H17NO/c1-4-11(13-3)8-7-10(2)6-5-9-12/h5-9,12H,4H2,1-3H3/b6-5-,10-7+,11-8+,12-9?. The molecule has 0 aromatic carbocycles. The van der Waals surface area contributed by atoms with E-state index in [0.717, 1.165) is 17.8 Å². The molecule has 0 saturated heterocycles. The van der Waals surface area contributed by atoms with Gasteiger partial charge in [0, 0.05) is 12.6 Å². The zero-order valence-electron chi connectivity index (χ0n) is 8.50. The van der Waals surface area contributed by atoms with Crippen molar-refractivity contribution in [3.8, 4) is 0 Å². The van der Waals surface area contributed by atoms with E-state index in [-0.39, 0.29) is 0 Å². The van der Waals surface area contributed by atoms with Crippen LogP contribution < -0.4 is 0 Å². The fraction of sp³-hybridized carbons (Fsp3) is 0.364. The van der Waals surface area contributed by atoms with Crippen LogP contribution in [0.3, 0.4) is 0 Å². The van der Waals surface area contributed by atoms with Crippen LogP contribution in [0.5, 0.6) is 0 Å². The molecule has 0 atom stereocenters. The summed E-state index contributed by atoms with van der Waals surface area (Å²) in [5.74, 6) is 0.961. The van der Waals surface area contributed by atoms with Crippen LogP contribution in [0.4, 0.5) is 0 Å². The van der Waals surface area contributed by atoms with Crippen LogP contribution >= 0.6 is 0 Å². The predicted octanol–water partition coefficient (Wildman–Crippen LogP) is 3.08. The predicted molar refractivity (Wildman–Crippen MR) is 57.1 cm³/mol. The number of nitrogens with one attached hydrogen (secondary N) is 1. The first kappa shape index (κ1) is 11.7. The molecule has 0 heterocycles. The first-order valence-corrected chi connectivity index (χ1v) is 4.33. The largest absolute Gasteiger partial charge is 0.501 e. The minimum atomic E-state index is 0.897. The lowest BCUT2D eigenvalue weighted by atomic mass is 10.2. The molecule has 0 aromatic heterocycles. The first-order valence-electron chi connectivity index (χ1n) is 4.33. The van der Waals surface area contributed by atoms with Gasteiger partial charge < -0.3 is 10.1 Å². The van der Waals surface area contributed by atoms with E-state index in [9.17, 15) is 0 Å². The highest BCUT2D eigenvalue weighted by atomic mass is 16.5. The Kier molecular flexibility index (Phi) is 6.60. The van der Waals surface area contributed by atoms with Gasteiger partial charge in [-0.2, -0.15) is 0 Å². The lowest BCUT2D eigenvalue weighted by Gasteiger charge is -1.99. The van der Waals surface area contributed by atoms with E-state index < -0.39 is 0 Å². The molecule has 0 saturated carbocycles. The van der Waals surface area contributed by atoms with Crippen LogP contribution in [-0.2, 0) is 4.74 Å². The molecule has 1 N–H and O–H groups in total. The zero-order valence-corrected chi connectivity index (χ0v) is 8.50. The number of methoxy groups -OCH3 is 1. The zero-order chi connectivity index (χ0) is 10.1. The summed E-state index contributed by atoms with van der Waals surface area (Å²) >= 11 is 0. The molecule has 0 rings (SSSR count). The Labute approximate surface area is 80.1 Å². The average Bonchev–Trinajstić information content (AvgIpc) is 2.16. The number of ether oxygens (including phenoxy) is 1. The average molecular weight is 179 g/mol. The van der Waals surface area contributed by atoms with Crippen molar-refractivity contribution in [1.82, 2.24) is 0 Å². The Morgan fingerprint density at radius 1 is 1.38 bits per heavy atom. The van der Waals surface area contributed by atoms with E-state index in [0.29, 0.717) is 0 Å². The molecule has 0 radical (unpaired) electrons. The van der Waals surface area contributed by atoms with Crippen LogP contribution in [0.25, 0.3) is 0 Å². The van der Waals surface area contributed by atoms with Gasteiger partial charge in [0.15, 0.2) is 0 Å². The van der Waals surface area contributed by atoms with Gasteiger partial charge in [0.05, 0.1) is 12.9 Å². The maximum atomic E-state index is 6.81. The summed E-state index contributed by atoms with van der Waals surface area (Å²) in [6.07, 6.45) is 9.66. The summed E-state index contributed by atoms with van der Waals surface area (Å²) in [7, 11) is 1.67. The topological polar surface area (TPSA) is 33.1 Å². The molecule has 0 amide bonds. The molecular weight excluding hydrogens is 162 g/mol. The molecule has 2 nitrogen and oxygen atoms in total. The van der Waals surface area contributed by atoms with Crippen LogP contribution in [0.2, 0.25) is 0 Å². The molecule has 0 spiro atoms. The fourth-order valence-corrected chi connectivity index (χ4v) is 0.810. The van der Waals surface area contributed by atoms with Gasteiger partial charge >= 0.3 is 0 Å². The highest BCUT2D eigenvalue weighted by molar-refractivity contribution is 5.68. The van der Waals surface area contributed by atoms with E-state index in [1.54, 1.807) is 13.2 Å². The van der Waals surface area contributed by atoms with Crippen LogP contribution in [0.15, 0.2) is 35.6 Å². The van der Waals surface area contributed by atoms with Gasteiger partial charge in [0.2, 0.25) is 0 Å². The fourth-order valence-electron chi connectivity index (χ4n) is 0.810. The van der Waals surface area contributed by atoms with E-state index in [4.69, 9.17) is 10.1 Å². The molecule has 0 fully saturated rings. The van der Waals surface area contributed by atoms with Gasteiger partial charge in [-0.1, -0.05) is 24.6 Å². The number of rotatable bonds is 5. The minimum absolute atomic E-state index is 0.897. The van der Waals surface area contributed by atoms with Crippen molar-refractivity contribution in [2.24, 2.45) is 0 Å². The van der Waals surface area contributed by atoms with E-state index in [2.05, 4.69) is 0 Å². The smallest absolute Gasteiger partial charge is 0.0952 e. The van der Waals surface area contributed by atoms with Crippen molar-refractivity contribution >= 4 is 6.21 Å². The Bertz CT molecular complexity index is 230. The van der Waals surface area contributed by atoms with E-state index in [1.807, 2.05) is 32.1 Å². The summed E-state index contributed by atoms with van der Waals surface area (Å²) in [5.41, 5.74) is 1.10. The molecule has 2 heteroatoms.